The van der Waals surface area contributed by atoms with Gasteiger partial charge in [-0.3, -0.25) is 0 Å². The predicted octanol–water partition coefficient (Wildman–Crippen LogP) is 1.11. The average Bonchev–Trinajstić information content (AvgIpc) is 2.12. The van der Waals surface area contributed by atoms with E-state index in [2.05, 4.69) is 5.32 Å². The van der Waals surface area contributed by atoms with E-state index in [1.807, 2.05) is 6.92 Å². The molecule has 0 aromatic rings. The molecule has 2 atom stereocenters. The van der Waals surface area contributed by atoms with Crippen molar-refractivity contribution < 1.29 is 13.2 Å². The van der Waals surface area contributed by atoms with E-state index in [-0.39, 0.29) is 17.4 Å². The van der Waals surface area contributed by atoms with Gasteiger partial charge in [0.15, 0.2) is 0 Å². The topological polar surface area (TPSA) is 55.4 Å². The van der Waals surface area contributed by atoms with Gasteiger partial charge in [-0.1, -0.05) is 0 Å². The number of hydrogen-bond acceptors (Lipinski definition) is 4. The summed E-state index contributed by atoms with van der Waals surface area (Å²) >= 11 is 0. The van der Waals surface area contributed by atoms with Crippen molar-refractivity contribution in [2.24, 2.45) is 0 Å². The van der Waals surface area contributed by atoms with Gasteiger partial charge in [-0.15, -0.1) is 0 Å². The Hall–Kier alpha value is -0.130. The van der Waals surface area contributed by atoms with Crippen LogP contribution in [0.1, 0.15) is 39.0 Å². The lowest BCUT2D eigenvalue weighted by Crippen LogP contribution is -2.53. The average molecular weight is 261 g/mol. The molecule has 5 heteroatoms. The molecule has 0 amide bonds. The summed E-state index contributed by atoms with van der Waals surface area (Å²) in [4.78, 5) is 0. The van der Waals surface area contributed by atoms with E-state index in [1.165, 1.54) is 25.5 Å². The zero-order valence-electron chi connectivity index (χ0n) is 10.7. The maximum absolute atomic E-state index is 11.2. The highest BCUT2D eigenvalue weighted by molar-refractivity contribution is 7.90. The van der Waals surface area contributed by atoms with E-state index in [9.17, 15) is 8.42 Å². The van der Waals surface area contributed by atoms with Crippen molar-refractivity contribution in [3.8, 4) is 0 Å². The van der Waals surface area contributed by atoms with Crippen molar-refractivity contribution in [3.05, 3.63) is 0 Å². The van der Waals surface area contributed by atoms with Crippen LogP contribution in [0, 0.1) is 0 Å². The molecule has 1 heterocycles. The first-order valence-electron chi connectivity index (χ1n) is 6.46. The zero-order valence-corrected chi connectivity index (χ0v) is 11.6. The molecule has 0 aromatic heterocycles. The third-order valence-electron chi connectivity index (χ3n) is 3.83. The first-order chi connectivity index (χ1) is 7.89. The third kappa shape index (κ3) is 3.66. The second-order valence-corrected chi connectivity index (χ2v) is 7.92. The summed E-state index contributed by atoms with van der Waals surface area (Å²) in [6.07, 6.45) is 6.95. The summed E-state index contributed by atoms with van der Waals surface area (Å²) in [5, 5.41) is 3.44. The highest BCUT2D eigenvalue weighted by Crippen LogP contribution is 2.42. The zero-order chi connectivity index (χ0) is 12.5. The van der Waals surface area contributed by atoms with Crippen LogP contribution in [0.2, 0.25) is 0 Å². The highest BCUT2D eigenvalue weighted by Gasteiger charge is 2.42. The molecular weight excluding hydrogens is 238 g/mol. The van der Waals surface area contributed by atoms with Gasteiger partial charge in [0.05, 0.1) is 11.4 Å². The molecule has 2 aliphatic rings. The number of nitrogens with one attached hydrogen (secondary N) is 1. The Bertz CT molecular complexity index is 362. The van der Waals surface area contributed by atoms with E-state index >= 15 is 0 Å². The fourth-order valence-electron chi connectivity index (χ4n) is 2.99. The maximum Gasteiger partial charge on any atom is 0.148 e. The minimum Gasteiger partial charge on any atom is -0.375 e. The first-order valence-corrected chi connectivity index (χ1v) is 8.52. The Kier molecular flexibility index (Phi) is 3.80. The molecular formula is C12H23NO3S. The van der Waals surface area contributed by atoms with E-state index in [0.29, 0.717) is 6.04 Å². The quantitative estimate of drug-likeness (QED) is 0.823. The van der Waals surface area contributed by atoms with E-state index < -0.39 is 9.84 Å². The van der Waals surface area contributed by atoms with Crippen molar-refractivity contribution in [1.29, 1.82) is 0 Å². The molecule has 1 saturated heterocycles. The Morgan fingerprint density at radius 3 is 2.71 bits per heavy atom. The molecule has 0 aromatic carbocycles. The monoisotopic (exact) mass is 261 g/mol. The third-order valence-corrected chi connectivity index (χ3v) is 4.94. The lowest BCUT2D eigenvalue weighted by molar-refractivity contribution is -0.136. The molecule has 2 fully saturated rings. The van der Waals surface area contributed by atoms with Crippen LogP contribution in [0.4, 0.5) is 0 Å². The van der Waals surface area contributed by atoms with Gasteiger partial charge in [-0.2, -0.15) is 0 Å². The molecule has 4 nitrogen and oxygen atoms in total. The Morgan fingerprint density at radius 2 is 2.18 bits per heavy atom. The molecule has 1 N–H and O–H groups in total. The molecule has 0 bridgehead atoms. The molecule has 1 aliphatic carbocycles. The van der Waals surface area contributed by atoms with Crippen LogP contribution in [0.5, 0.6) is 0 Å². The van der Waals surface area contributed by atoms with Crippen LogP contribution in [-0.2, 0) is 14.6 Å². The van der Waals surface area contributed by atoms with Gasteiger partial charge in [0.2, 0.25) is 0 Å². The Morgan fingerprint density at radius 1 is 1.47 bits per heavy atom. The summed E-state index contributed by atoms with van der Waals surface area (Å²) in [5.41, 5.74) is 0.126. The van der Waals surface area contributed by atoms with Crippen LogP contribution < -0.4 is 5.32 Å². The van der Waals surface area contributed by atoms with Crippen LogP contribution >= 0.6 is 0 Å². The summed E-state index contributed by atoms with van der Waals surface area (Å²) in [7, 11) is -2.89. The standard InChI is InChI=1S/C12H23NO3S/c1-10(9-17(2,14)15)13-11-4-7-16-12(8-11)5-3-6-12/h10-11,13H,3-9H2,1-2H3. The van der Waals surface area contributed by atoms with Crippen LogP contribution in [0.3, 0.4) is 0 Å². The summed E-state index contributed by atoms with van der Waals surface area (Å²) in [5.74, 6) is 0.220. The molecule has 17 heavy (non-hydrogen) atoms. The number of sulfone groups is 1. The number of ether oxygens (including phenoxy) is 1. The predicted molar refractivity (Wildman–Crippen MR) is 67.9 cm³/mol. The number of hydrogen-bond donors (Lipinski definition) is 1. The first kappa shape index (κ1) is 13.3. The maximum atomic E-state index is 11.2. The second kappa shape index (κ2) is 4.86. The summed E-state index contributed by atoms with van der Waals surface area (Å²) in [6.45, 7) is 2.76. The summed E-state index contributed by atoms with van der Waals surface area (Å²) in [6, 6.07) is 0.450. The smallest absolute Gasteiger partial charge is 0.148 e. The minimum atomic E-state index is -2.89. The Labute approximate surface area is 104 Å². The Balaban J connectivity index is 1.82. The van der Waals surface area contributed by atoms with Gasteiger partial charge in [-0.05, 0) is 39.0 Å². The molecule has 0 radical (unpaired) electrons. The van der Waals surface area contributed by atoms with Gasteiger partial charge in [0.1, 0.15) is 9.84 Å². The van der Waals surface area contributed by atoms with Gasteiger partial charge in [-0.25, -0.2) is 8.42 Å². The molecule has 2 unspecified atom stereocenters. The molecule has 100 valence electrons. The second-order valence-electron chi connectivity index (χ2n) is 5.73. The lowest BCUT2D eigenvalue weighted by Gasteiger charge is -2.47. The van der Waals surface area contributed by atoms with Crippen molar-refractivity contribution in [3.63, 3.8) is 0 Å². The van der Waals surface area contributed by atoms with Crippen molar-refractivity contribution in [2.75, 3.05) is 18.6 Å². The van der Waals surface area contributed by atoms with Gasteiger partial charge >= 0.3 is 0 Å². The van der Waals surface area contributed by atoms with Crippen molar-refractivity contribution in [2.45, 2.75) is 56.7 Å². The van der Waals surface area contributed by atoms with Crippen LogP contribution in [0.25, 0.3) is 0 Å². The largest absolute Gasteiger partial charge is 0.375 e. The fraction of sp³-hybridized carbons (Fsp3) is 1.00. The fourth-order valence-corrected chi connectivity index (χ4v) is 4.00. The van der Waals surface area contributed by atoms with Gasteiger partial charge < -0.3 is 10.1 Å². The van der Waals surface area contributed by atoms with Crippen molar-refractivity contribution in [1.82, 2.24) is 5.32 Å². The molecule has 1 aliphatic heterocycles. The SMILES string of the molecule is CC(CS(C)(=O)=O)NC1CCOC2(CCC2)C1. The van der Waals surface area contributed by atoms with Gasteiger partial charge in [0.25, 0.3) is 0 Å². The molecule has 1 saturated carbocycles. The minimum absolute atomic E-state index is 0.0326. The molecule has 2 rings (SSSR count). The molecule has 1 spiro atoms. The summed E-state index contributed by atoms with van der Waals surface area (Å²) < 4.78 is 28.3. The van der Waals surface area contributed by atoms with E-state index in [1.54, 1.807) is 0 Å². The highest BCUT2D eigenvalue weighted by atomic mass is 32.2. The van der Waals surface area contributed by atoms with Crippen molar-refractivity contribution >= 4 is 9.84 Å². The lowest BCUT2D eigenvalue weighted by atomic mass is 9.74. The normalized spacial score (nSPS) is 29.9. The number of rotatable bonds is 4. The van der Waals surface area contributed by atoms with E-state index in [0.717, 1.165) is 19.4 Å². The van der Waals surface area contributed by atoms with Crippen LogP contribution in [-0.4, -0.2) is 44.7 Å². The van der Waals surface area contributed by atoms with Gasteiger partial charge in [0, 0.05) is 24.9 Å². The van der Waals surface area contributed by atoms with Crippen LogP contribution in [0.15, 0.2) is 0 Å². The van der Waals surface area contributed by atoms with E-state index in [4.69, 9.17) is 4.74 Å².